The van der Waals surface area contributed by atoms with Gasteiger partial charge in [0, 0.05) is 24.8 Å². The number of nitrogens with one attached hydrogen (secondary N) is 1. The number of carbonyl (C=O) groups is 3. The van der Waals surface area contributed by atoms with Crippen molar-refractivity contribution in [3.8, 4) is 11.5 Å². The summed E-state index contributed by atoms with van der Waals surface area (Å²) >= 11 is 0. The molecule has 1 aliphatic rings. The molecule has 4 rings (SSSR count). The Morgan fingerprint density at radius 1 is 0.958 bits per heavy atom. The largest absolute Gasteiger partial charge is 0.493 e. The van der Waals surface area contributed by atoms with Gasteiger partial charge in [0.15, 0.2) is 23.2 Å². The predicted molar refractivity (Wildman–Crippen MR) is 171 cm³/mol. The number of aromatic nitrogens is 1. The predicted octanol–water partition coefficient (Wildman–Crippen LogP) is 3.48. The first kappa shape index (κ1) is 36.3. The summed E-state index contributed by atoms with van der Waals surface area (Å²) in [5, 5.41) is 2.64. The van der Waals surface area contributed by atoms with Crippen LogP contribution in [0.1, 0.15) is 35.5 Å². The Morgan fingerprint density at radius 3 is 2.40 bits per heavy atom. The van der Waals surface area contributed by atoms with Crippen molar-refractivity contribution >= 4 is 17.8 Å². The van der Waals surface area contributed by atoms with Gasteiger partial charge in [0.25, 0.3) is 5.91 Å². The van der Waals surface area contributed by atoms with E-state index in [1.165, 1.54) is 19.4 Å². The number of hydrogen-bond acceptors (Lipinski definition) is 12. The van der Waals surface area contributed by atoms with Crippen molar-refractivity contribution in [2.24, 2.45) is 5.92 Å². The minimum Gasteiger partial charge on any atom is -0.493 e. The summed E-state index contributed by atoms with van der Waals surface area (Å²) < 4.78 is 44.8. The summed E-state index contributed by atoms with van der Waals surface area (Å²) in [4.78, 5) is 42.9. The standard InChI is InChI=1S/C35H42N2O11/c1-4-42-21-31(38)46-23-47-33-29(41-3)15-16-36-32(33)34(39)37-28-19-43-20-30(45-22-44-18-26-13-9-6-10-14-26)27(24(2)48-35(28)40)17-25-11-7-5-8-12-25/h5-16,24,27-28,30H,4,17-23H2,1-3H3,(H,37,39). The van der Waals surface area contributed by atoms with Gasteiger partial charge in [0.1, 0.15) is 19.5 Å². The van der Waals surface area contributed by atoms with Gasteiger partial charge < -0.3 is 43.2 Å². The van der Waals surface area contributed by atoms with Crippen LogP contribution in [-0.2, 0) is 51.0 Å². The third kappa shape index (κ3) is 11.0. The van der Waals surface area contributed by atoms with Gasteiger partial charge in [-0.25, -0.2) is 14.6 Å². The van der Waals surface area contributed by atoms with E-state index in [0.29, 0.717) is 19.6 Å². The highest BCUT2D eigenvalue weighted by Gasteiger charge is 2.36. The number of amides is 1. The Balaban J connectivity index is 1.44. The highest BCUT2D eigenvalue weighted by atomic mass is 16.7. The van der Waals surface area contributed by atoms with Crippen molar-refractivity contribution in [2.45, 2.75) is 45.1 Å². The number of methoxy groups -OCH3 is 1. The van der Waals surface area contributed by atoms with Gasteiger partial charge in [-0.05, 0) is 31.4 Å². The molecular weight excluding hydrogens is 624 g/mol. The number of esters is 2. The first-order chi connectivity index (χ1) is 23.4. The van der Waals surface area contributed by atoms with Crippen LogP contribution in [0.5, 0.6) is 11.5 Å². The molecule has 4 atom stereocenters. The van der Waals surface area contributed by atoms with E-state index in [1.54, 1.807) is 13.8 Å². The molecule has 0 bridgehead atoms. The van der Waals surface area contributed by atoms with Gasteiger partial charge >= 0.3 is 11.9 Å². The van der Waals surface area contributed by atoms with Crippen molar-refractivity contribution in [1.82, 2.24) is 10.3 Å². The number of ether oxygens (including phenoxy) is 8. The second-order valence-corrected chi connectivity index (χ2v) is 10.8. The summed E-state index contributed by atoms with van der Waals surface area (Å²) in [6.07, 6.45) is 0.780. The third-order valence-electron chi connectivity index (χ3n) is 7.48. The lowest BCUT2D eigenvalue weighted by Gasteiger charge is -2.30. The molecule has 2 heterocycles. The highest BCUT2D eigenvalue weighted by Crippen LogP contribution is 2.30. The quantitative estimate of drug-likeness (QED) is 0.135. The van der Waals surface area contributed by atoms with Crippen molar-refractivity contribution in [3.63, 3.8) is 0 Å². The van der Waals surface area contributed by atoms with E-state index in [1.807, 2.05) is 60.7 Å². The Morgan fingerprint density at radius 2 is 1.69 bits per heavy atom. The van der Waals surface area contributed by atoms with Crippen molar-refractivity contribution in [1.29, 1.82) is 0 Å². The van der Waals surface area contributed by atoms with Crippen molar-refractivity contribution in [3.05, 3.63) is 89.7 Å². The van der Waals surface area contributed by atoms with E-state index in [2.05, 4.69) is 10.3 Å². The van der Waals surface area contributed by atoms with Gasteiger partial charge in [-0.3, -0.25) is 4.79 Å². The average Bonchev–Trinajstić information content (AvgIpc) is 3.15. The van der Waals surface area contributed by atoms with Crippen LogP contribution >= 0.6 is 0 Å². The molecule has 1 aromatic heterocycles. The maximum absolute atomic E-state index is 13.5. The zero-order chi connectivity index (χ0) is 34.1. The van der Waals surface area contributed by atoms with Gasteiger partial charge in [-0.2, -0.15) is 0 Å². The molecule has 2 aromatic carbocycles. The molecule has 1 N–H and O–H groups in total. The molecule has 48 heavy (non-hydrogen) atoms. The molecule has 0 spiro atoms. The van der Waals surface area contributed by atoms with Crippen LogP contribution in [0.25, 0.3) is 0 Å². The van der Waals surface area contributed by atoms with Crippen LogP contribution in [-0.4, -0.2) is 88.2 Å². The lowest BCUT2D eigenvalue weighted by molar-refractivity contribution is -0.160. The van der Waals surface area contributed by atoms with Crippen LogP contribution in [0, 0.1) is 5.92 Å². The zero-order valence-corrected chi connectivity index (χ0v) is 27.3. The molecular formula is C35H42N2O11. The third-order valence-corrected chi connectivity index (χ3v) is 7.48. The normalized spacial score (nSPS) is 19.6. The number of carbonyl (C=O) groups excluding carboxylic acids is 3. The lowest BCUT2D eigenvalue weighted by atomic mass is 9.89. The first-order valence-electron chi connectivity index (χ1n) is 15.6. The molecule has 0 radical (unpaired) electrons. The summed E-state index contributed by atoms with van der Waals surface area (Å²) in [5.74, 6) is -2.32. The molecule has 4 unspecified atom stereocenters. The molecule has 3 aromatic rings. The topological polar surface area (TPSA) is 150 Å². The smallest absolute Gasteiger partial charge is 0.334 e. The fraction of sp³-hybridized carbons (Fsp3) is 0.429. The first-order valence-corrected chi connectivity index (χ1v) is 15.6. The SMILES string of the molecule is CCOCC(=O)OCOc1c(OC)ccnc1C(=O)NC1COCC(OCOCc2ccccc2)C(Cc2ccccc2)C(C)OC1=O. The number of cyclic esters (lactones) is 1. The summed E-state index contributed by atoms with van der Waals surface area (Å²) in [6.45, 7) is 3.38. The van der Waals surface area contributed by atoms with Gasteiger partial charge in [0.05, 0.1) is 33.0 Å². The van der Waals surface area contributed by atoms with Crippen LogP contribution in [0.15, 0.2) is 72.9 Å². The second kappa shape index (κ2) is 19.3. The van der Waals surface area contributed by atoms with Crippen LogP contribution in [0.3, 0.4) is 0 Å². The van der Waals surface area contributed by atoms with Crippen LogP contribution in [0.4, 0.5) is 0 Å². The van der Waals surface area contributed by atoms with E-state index >= 15 is 0 Å². The number of nitrogens with zero attached hydrogens (tertiary/aromatic N) is 1. The average molecular weight is 667 g/mol. The number of rotatable bonds is 16. The molecule has 13 heteroatoms. The molecule has 1 aliphatic heterocycles. The van der Waals surface area contributed by atoms with E-state index in [9.17, 15) is 14.4 Å². The number of benzene rings is 2. The van der Waals surface area contributed by atoms with E-state index < -0.39 is 42.9 Å². The second-order valence-electron chi connectivity index (χ2n) is 10.8. The highest BCUT2D eigenvalue weighted by molar-refractivity contribution is 5.98. The Hall–Kier alpha value is -4.56. The van der Waals surface area contributed by atoms with Crippen LogP contribution < -0.4 is 14.8 Å². The van der Waals surface area contributed by atoms with Gasteiger partial charge in [-0.1, -0.05) is 60.7 Å². The van der Waals surface area contributed by atoms with Crippen molar-refractivity contribution in [2.75, 3.05) is 47.1 Å². The van der Waals surface area contributed by atoms with Crippen LogP contribution in [0.2, 0.25) is 0 Å². The number of pyridine rings is 1. The van der Waals surface area contributed by atoms with Gasteiger partial charge in [0.2, 0.25) is 6.79 Å². The molecule has 0 saturated carbocycles. The van der Waals surface area contributed by atoms with Gasteiger partial charge in [-0.15, -0.1) is 0 Å². The fourth-order valence-electron chi connectivity index (χ4n) is 4.97. The monoisotopic (exact) mass is 666 g/mol. The Kier molecular flexibility index (Phi) is 14.6. The maximum atomic E-state index is 13.5. The van der Waals surface area contributed by atoms with E-state index in [-0.39, 0.29) is 49.7 Å². The fourth-order valence-corrected chi connectivity index (χ4v) is 4.97. The Labute approximate surface area is 279 Å². The maximum Gasteiger partial charge on any atom is 0.334 e. The zero-order valence-electron chi connectivity index (χ0n) is 27.3. The molecule has 13 nitrogen and oxygen atoms in total. The molecule has 1 amide bonds. The molecule has 258 valence electrons. The van der Waals surface area contributed by atoms with E-state index in [0.717, 1.165) is 11.1 Å². The minimum atomic E-state index is -1.18. The lowest BCUT2D eigenvalue weighted by Crippen LogP contribution is -2.46. The summed E-state index contributed by atoms with van der Waals surface area (Å²) in [6, 6.07) is 19.8. The van der Waals surface area contributed by atoms with Crippen molar-refractivity contribution < 1.29 is 52.3 Å². The van der Waals surface area contributed by atoms with E-state index in [4.69, 9.17) is 37.9 Å². The Bertz CT molecular complexity index is 1440. The molecule has 1 saturated heterocycles. The molecule has 1 fully saturated rings. The number of hydrogen-bond donors (Lipinski definition) is 1. The summed E-state index contributed by atoms with van der Waals surface area (Å²) in [5.41, 5.74) is 1.85. The summed E-state index contributed by atoms with van der Waals surface area (Å²) in [7, 11) is 1.38. The minimum absolute atomic E-state index is 0.000265. The molecule has 0 aliphatic carbocycles.